The van der Waals surface area contributed by atoms with Crippen LogP contribution in [0.5, 0.6) is 0 Å². The number of ether oxygens (including phenoxy) is 1. The molecule has 0 saturated heterocycles. The summed E-state index contributed by atoms with van der Waals surface area (Å²) >= 11 is 0.592. The van der Waals surface area contributed by atoms with Crippen LogP contribution in [0.4, 0.5) is 22.8 Å². The van der Waals surface area contributed by atoms with Crippen molar-refractivity contribution >= 4 is 23.1 Å². The van der Waals surface area contributed by atoms with Gasteiger partial charge in [0.15, 0.2) is 0 Å². The number of fused-ring (bicyclic) bond motifs is 1. The number of nitrogens with zero attached hydrogens (tertiary/aromatic N) is 2. The van der Waals surface area contributed by atoms with Gasteiger partial charge in [0.1, 0.15) is 5.60 Å². The van der Waals surface area contributed by atoms with E-state index in [9.17, 15) is 22.8 Å². The first-order valence-electron chi connectivity index (χ1n) is 9.33. The van der Waals surface area contributed by atoms with Gasteiger partial charge in [-0.15, -0.1) is 0 Å². The van der Waals surface area contributed by atoms with E-state index in [-0.39, 0.29) is 15.8 Å². The highest BCUT2D eigenvalue weighted by atomic mass is 32.2. The average Bonchev–Trinajstić information content (AvgIpc) is 2.73. The summed E-state index contributed by atoms with van der Waals surface area (Å²) < 4.78 is 46.4. The molecule has 0 aliphatic carbocycles. The Labute approximate surface area is 173 Å². The van der Waals surface area contributed by atoms with Crippen molar-refractivity contribution in [3.05, 3.63) is 28.8 Å². The Balaban J connectivity index is 2.44. The molecule has 0 fully saturated rings. The van der Waals surface area contributed by atoms with E-state index < -0.39 is 28.7 Å². The van der Waals surface area contributed by atoms with Gasteiger partial charge in [-0.3, -0.25) is 4.79 Å². The Kier molecular flexibility index (Phi) is 6.64. The van der Waals surface area contributed by atoms with E-state index in [2.05, 4.69) is 0 Å². The van der Waals surface area contributed by atoms with Crippen molar-refractivity contribution in [1.82, 2.24) is 4.90 Å². The minimum absolute atomic E-state index is 0.0287. The highest BCUT2D eigenvalue weighted by molar-refractivity contribution is 8.13. The summed E-state index contributed by atoms with van der Waals surface area (Å²) in [5, 5.41) is -0.474. The summed E-state index contributed by atoms with van der Waals surface area (Å²) in [5.74, 6) is 0. The molecule has 1 atom stereocenters. The van der Waals surface area contributed by atoms with Crippen molar-refractivity contribution < 1.29 is 32.0 Å². The standard InChI is InChI=1S/C20H28F3N2O3S/c1-19(2,3)28-18(27)25(6)11-9-13-7-8-15(20(21,22)23)16(14(13)10-12-25)29-17(26)24(4)5/h7-8H,9-12H2,1-6H3/q+1. The summed E-state index contributed by atoms with van der Waals surface area (Å²) in [5.41, 5.74) is -0.243. The van der Waals surface area contributed by atoms with Gasteiger partial charge in [0, 0.05) is 31.8 Å². The number of likely N-dealkylation sites (N-methyl/N-ethyl adjacent to an activating group) is 1. The van der Waals surface area contributed by atoms with Crippen LogP contribution in [0, 0.1) is 0 Å². The lowest BCUT2D eigenvalue weighted by Crippen LogP contribution is -2.53. The zero-order chi connectivity index (χ0) is 22.2. The van der Waals surface area contributed by atoms with E-state index in [1.807, 2.05) is 0 Å². The number of rotatable bonds is 1. The topological polar surface area (TPSA) is 46.6 Å². The Bertz CT molecular complexity index is 803. The molecule has 1 unspecified atom stereocenters. The molecule has 2 rings (SSSR count). The maximum Gasteiger partial charge on any atom is 0.516 e. The van der Waals surface area contributed by atoms with Crippen LogP contribution >= 0.6 is 11.8 Å². The highest BCUT2D eigenvalue weighted by Gasteiger charge is 2.41. The summed E-state index contributed by atoms with van der Waals surface area (Å²) in [7, 11) is 4.74. The summed E-state index contributed by atoms with van der Waals surface area (Å²) in [4.78, 5) is 26.1. The minimum Gasteiger partial charge on any atom is -0.414 e. The van der Waals surface area contributed by atoms with Crippen molar-refractivity contribution in [3.8, 4) is 0 Å². The Morgan fingerprint density at radius 2 is 1.69 bits per heavy atom. The van der Waals surface area contributed by atoms with Crippen molar-refractivity contribution in [2.45, 2.75) is 50.3 Å². The van der Waals surface area contributed by atoms with Crippen LogP contribution in [0.25, 0.3) is 0 Å². The van der Waals surface area contributed by atoms with Gasteiger partial charge in [-0.1, -0.05) is 6.07 Å². The monoisotopic (exact) mass is 433 g/mol. The molecule has 0 radical (unpaired) electrons. The molecule has 5 nitrogen and oxygen atoms in total. The Hall–Kier alpha value is -1.74. The van der Waals surface area contributed by atoms with E-state index in [0.717, 1.165) is 11.6 Å². The molecule has 29 heavy (non-hydrogen) atoms. The zero-order valence-corrected chi connectivity index (χ0v) is 18.5. The molecule has 0 aromatic heterocycles. The molecule has 0 N–H and O–H groups in total. The number of halogens is 3. The third-order valence-electron chi connectivity index (χ3n) is 4.78. The molecule has 0 spiro atoms. The number of thioether (sulfide) groups is 1. The van der Waals surface area contributed by atoms with Gasteiger partial charge < -0.3 is 9.64 Å². The lowest BCUT2D eigenvalue weighted by atomic mass is 9.99. The fourth-order valence-corrected chi connectivity index (χ4v) is 4.09. The van der Waals surface area contributed by atoms with Gasteiger partial charge in [0.05, 0.1) is 25.7 Å². The molecular weight excluding hydrogens is 405 g/mol. The number of carbonyl (C=O) groups excluding carboxylic acids is 2. The number of benzene rings is 1. The van der Waals surface area contributed by atoms with Gasteiger partial charge in [0.2, 0.25) is 0 Å². The van der Waals surface area contributed by atoms with Crippen LogP contribution < -0.4 is 0 Å². The number of quaternary nitrogens is 1. The molecule has 1 aliphatic heterocycles. The first-order valence-corrected chi connectivity index (χ1v) is 10.1. The Morgan fingerprint density at radius 1 is 1.10 bits per heavy atom. The maximum atomic E-state index is 13.6. The number of hydrogen-bond donors (Lipinski definition) is 0. The van der Waals surface area contributed by atoms with E-state index >= 15 is 0 Å². The van der Waals surface area contributed by atoms with E-state index in [4.69, 9.17) is 4.74 Å². The molecule has 2 amide bonds. The fourth-order valence-electron chi connectivity index (χ4n) is 3.09. The smallest absolute Gasteiger partial charge is 0.414 e. The molecule has 0 saturated carbocycles. The van der Waals surface area contributed by atoms with Crippen LogP contribution in [-0.4, -0.2) is 60.5 Å². The number of alkyl halides is 3. The van der Waals surface area contributed by atoms with Gasteiger partial charge in [-0.05, 0) is 49.7 Å². The molecule has 9 heteroatoms. The molecule has 0 bridgehead atoms. The second kappa shape index (κ2) is 8.18. The van der Waals surface area contributed by atoms with Crippen LogP contribution in [0.2, 0.25) is 0 Å². The average molecular weight is 434 g/mol. The molecule has 162 valence electrons. The quantitative estimate of drug-likeness (QED) is 0.464. The first kappa shape index (κ1) is 23.5. The molecular formula is C20H28F3N2O3S+. The predicted molar refractivity (Wildman–Crippen MR) is 106 cm³/mol. The van der Waals surface area contributed by atoms with E-state index in [1.54, 1.807) is 27.8 Å². The minimum atomic E-state index is -4.57. The molecule has 1 aromatic carbocycles. The molecule has 1 aliphatic rings. The number of hydrogen-bond acceptors (Lipinski definition) is 4. The van der Waals surface area contributed by atoms with Crippen LogP contribution in [0.15, 0.2) is 17.0 Å². The SMILES string of the molecule is CN(C)C(=O)Sc1c(C(F)(F)F)ccc2c1CC[N+](C)(C(=O)OC(C)(C)C)CC2. The first-order chi connectivity index (χ1) is 13.1. The highest BCUT2D eigenvalue weighted by Crippen LogP contribution is 2.41. The van der Waals surface area contributed by atoms with E-state index in [0.29, 0.717) is 36.8 Å². The van der Waals surface area contributed by atoms with Crippen LogP contribution in [0.3, 0.4) is 0 Å². The van der Waals surface area contributed by atoms with Crippen molar-refractivity contribution in [2.75, 3.05) is 34.2 Å². The molecule has 1 aromatic rings. The summed E-state index contributed by atoms with van der Waals surface area (Å²) in [6.07, 6.45) is -4.30. The lowest BCUT2D eigenvalue weighted by molar-refractivity contribution is -0.837. The van der Waals surface area contributed by atoms with Crippen LogP contribution in [0.1, 0.15) is 37.5 Å². The van der Waals surface area contributed by atoms with Gasteiger partial charge in [0.25, 0.3) is 5.24 Å². The van der Waals surface area contributed by atoms with Crippen LogP contribution in [-0.2, 0) is 23.8 Å². The van der Waals surface area contributed by atoms with Gasteiger partial charge in [-0.25, -0.2) is 4.48 Å². The normalized spacial score (nSPS) is 19.9. The maximum absolute atomic E-state index is 13.6. The summed E-state index contributed by atoms with van der Waals surface area (Å²) in [6.45, 7) is 6.05. The lowest BCUT2D eigenvalue weighted by Gasteiger charge is -2.32. The third-order valence-corrected chi connectivity index (χ3v) is 5.99. The molecule has 1 heterocycles. The Morgan fingerprint density at radius 3 is 2.21 bits per heavy atom. The predicted octanol–water partition coefficient (Wildman–Crippen LogP) is 4.96. The second-order valence-corrected chi connectivity index (χ2v) is 9.63. The second-order valence-electron chi connectivity index (χ2n) is 8.66. The van der Waals surface area contributed by atoms with Crippen molar-refractivity contribution in [3.63, 3.8) is 0 Å². The summed E-state index contributed by atoms with van der Waals surface area (Å²) in [6, 6.07) is 2.50. The van der Waals surface area contributed by atoms with Gasteiger partial charge in [-0.2, -0.15) is 18.0 Å². The third kappa shape index (κ3) is 5.66. The fraction of sp³-hybridized carbons (Fsp3) is 0.600. The largest absolute Gasteiger partial charge is 0.516 e. The van der Waals surface area contributed by atoms with E-state index in [1.165, 1.54) is 25.1 Å². The van der Waals surface area contributed by atoms with Crippen molar-refractivity contribution in [2.24, 2.45) is 0 Å². The number of amides is 2. The van der Waals surface area contributed by atoms with Gasteiger partial charge >= 0.3 is 12.3 Å². The van der Waals surface area contributed by atoms with Crippen molar-refractivity contribution in [1.29, 1.82) is 0 Å². The number of carbonyl (C=O) groups is 2. The zero-order valence-electron chi connectivity index (χ0n) is 17.6.